The molecule has 0 spiro atoms. The molecule has 0 atom stereocenters. The van der Waals surface area contributed by atoms with E-state index in [0.29, 0.717) is 10.7 Å². The maximum Gasteiger partial charge on any atom is 0.240 e. The normalized spacial score (nSPS) is 11.5. The molecule has 118 valence electrons. The van der Waals surface area contributed by atoms with Crippen LogP contribution in [0.25, 0.3) is 10.6 Å². The Labute approximate surface area is 143 Å². The maximum atomic E-state index is 12.2. The first-order chi connectivity index (χ1) is 11.0. The molecule has 0 unspecified atom stereocenters. The Balaban J connectivity index is 1.71. The van der Waals surface area contributed by atoms with Crippen LogP contribution in [0.4, 0.5) is 0 Å². The van der Waals surface area contributed by atoms with Crippen LogP contribution in [0.2, 0.25) is 5.02 Å². The molecule has 0 radical (unpaired) electrons. The van der Waals surface area contributed by atoms with Crippen LogP contribution in [-0.4, -0.2) is 18.4 Å². The summed E-state index contributed by atoms with van der Waals surface area (Å²) in [5.41, 5.74) is 1.62. The molecular weight excluding hydrogens is 354 g/mol. The highest BCUT2D eigenvalue weighted by Gasteiger charge is 2.14. The van der Waals surface area contributed by atoms with E-state index < -0.39 is 10.0 Å². The van der Waals surface area contributed by atoms with Gasteiger partial charge >= 0.3 is 0 Å². The minimum Gasteiger partial charge on any atom is -0.265 e. The molecule has 2 aromatic heterocycles. The summed E-state index contributed by atoms with van der Waals surface area (Å²) in [7, 11) is -3.58. The van der Waals surface area contributed by atoms with E-state index in [4.69, 9.17) is 11.6 Å². The SMILES string of the molecule is O=S(=O)(NCc1csc(-c2ccncc2)n1)c1ccc(Cl)cc1. The van der Waals surface area contributed by atoms with E-state index in [9.17, 15) is 8.42 Å². The molecule has 23 heavy (non-hydrogen) atoms. The summed E-state index contributed by atoms with van der Waals surface area (Å²) in [5, 5.41) is 3.15. The van der Waals surface area contributed by atoms with Gasteiger partial charge in [0, 0.05) is 28.4 Å². The fraction of sp³-hybridized carbons (Fsp3) is 0.0667. The number of nitrogens with one attached hydrogen (secondary N) is 1. The zero-order valence-electron chi connectivity index (χ0n) is 11.8. The van der Waals surface area contributed by atoms with Crippen molar-refractivity contribution in [1.29, 1.82) is 0 Å². The highest BCUT2D eigenvalue weighted by molar-refractivity contribution is 7.89. The highest BCUT2D eigenvalue weighted by atomic mass is 35.5. The number of thiazole rings is 1. The van der Waals surface area contributed by atoms with Crippen molar-refractivity contribution < 1.29 is 8.42 Å². The molecule has 0 aliphatic rings. The van der Waals surface area contributed by atoms with Crippen LogP contribution >= 0.6 is 22.9 Å². The van der Waals surface area contributed by atoms with E-state index in [1.165, 1.54) is 23.5 Å². The smallest absolute Gasteiger partial charge is 0.240 e. The zero-order valence-corrected chi connectivity index (χ0v) is 14.2. The quantitative estimate of drug-likeness (QED) is 0.752. The predicted molar refractivity (Wildman–Crippen MR) is 90.8 cm³/mol. The number of hydrogen-bond acceptors (Lipinski definition) is 5. The number of nitrogens with zero attached hydrogens (tertiary/aromatic N) is 2. The molecule has 0 aliphatic heterocycles. The lowest BCUT2D eigenvalue weighted by Crippen LogP contribution is -2.23. The van der Waals surface area contributed by atoms with Gasteiger partial charge in [-0.15, -0.1) is 11.3 Å². The van der Waals surface area contributed by atoms with Crippen molar-refractivity contribution in [2.75, 3.05) is 0 Å². The lowest BCUT2D eigenvalue weighted by Gasteiger charge is -2.05. The van der Waals surface area contributed by atoms with Crippen LogP contribution < -0.4 is 4.72 Å². The number of benzene rings is 1. The van der Waals surface area contributed by atoms with E-state index in [1.54, 1.807) is 24.5 Å². The topological polar surface area (TPSA) is 72.0 Å². The number of pyridine rings is 1. The highest BCUT2D eigenvalue weighted by Crippen LogP contribution is 2.23. The predicted octanol–water partition coefficient (Wildman–Crippen LogP) is 3.34. The van der Waals surface area contributed by atoms with Crippen LogP contribution in [-0.2, 0) is 16.6 Å². The minimum absolute atomic E-state index is 0.131. The second kappa shape index (κ2) is 6.76. The molecule has 0 fully saturated rings. The first kappa shape index (κ1) is 16.1. The third kappa shape index (κ3) is 3.94. The Morgan fingerprint density at radius 1 is 1.09 bits per heavy atom. The molecule has 2 heterocycles. The Bertz CT molecular complexity index is 894. The Morgan fingerprint density at radius 3 is 2.48 bits per heavy atom. The first-order valence-corrected chi connectivity index (χ1v) is 9.39. The monoisotopic (exact) mass is 365 g/mol. The molecule has 8 heteroatoms. The second-order valence-corrected chi connectivity index (χ2v) is 7.72. The third-order valence-corrected chi connectivity index (χ3v) is 5.66. The van der Waals surface area contributed by atoms with Gasteiger partial charge in [-0.2, -0.15) is 0 Å². The molecule has 0 bridgehead atoms. The number of sulfonamides is 1. The molecule has 1 aromatic carbocycles. The van der Waals surface area contributed by atoms with Crippen molar-refractivity contribution in [3.05, 3.63) is 64.9 Å². The summed E-state index contributed by atoms with van der Waals surface area (Å²) in [5.74, 6) is 0. The zero-order chi connectivity index (χ0) is 16.3. The fourth-order valence-corrected chi connectivity index (χ4v) is 3.83. The van der Waals surface area contributed by atoms with E-state index in [-0.39, 0.29) is 11.4 Å². The van der Waals surface area contributed by atoms with Crippen LogP contribution in [0, 0.1) is 0 Å². The molecule has 0 saturated carbocycles. The van der Waals surface area contributed by atoms with Crippen molar-refractivity contribution in [3.63, 3.8) is 0 Å². The van der Waals surface area contributed by atoms with Crippen LogP contribution in [0.1, 0.15) is 5.69 Å². The van der Waals surface area contributed by atoms with Gasteiger partial charge in [0.2, 0.25) is 10.0 Å². The molecule has 3 rings (SSSR count). The molecule has 0 saturated heterocycles. The summed E-state index contributed by atoms with van der Waals surface area (Å²) in [6.07, 6.45) is 3.39. The molecule has 1 N–H and O–H groups in total. The van der Waals surface area contributed by atoms with Gasteiger partial charge in [0.15, 0.2) is 0 Å². The van der Waals surface area contributed by atoms with Gasteiger partial charge in [-0.1, -0.05) is 11.6 Å². The summed E-state index contributed by atoms with van der Waals surface area (Å²) in [4.78, 5) is 8.57. The van der Waals surface area contributed by atoms with Gasteiger partial charge in [-0.25, -0.2) is 18.1 Å². The lowest BCUT2D eigenvalue weighted by atomic mass is 10.3. The summed E-state index contributed by atoms with van der Waals surface area (Å²) in [6, 6.07) is 9.74. The first-order valence-electron chi connectivity index (χ1n) is 6.65. The van der Waals surface area contributed by atoms with Crippen molar-refractivity contribution in [2.45, 2.75) is 11.4 Å². The van der Waals surface area contributed by atoms with Gasteiger partial charge in [-0.3, -0.25) is 4.98 Å². The van der Waals surface area contributed by atoms with E-state index in [2.05, 4.69) is 14.7 Å². The van der Waals surface area contributed by atoms with Gasteiger partial charge < -0.3 is 0 Å². The number of rotatable bonds is 5. The van der Waals surface area contributed by atoms with Gasteiger partial charge in [-0.05, 0) is 36.4 Å². The van der Waals surface area contributed by atoms with E-state index in [0.717, 1.165) is 10.6 Å². The third-order valence-electron chi connectivity index (χ3n) is 3.05. The summed E-state index contributed by atoms with van der Waals surface area (Å²) < 4.78 is 27.0. The second-order valence-electron chi connectivity index (χ2n) is 4.66. The largest absolute Gasteiger partial charge is 0.265 e. The average Bonchev–Trinajstić information content (AvgIpc) is 3.03. The fourth-order valence-electron chi connectivity index (χ4n) is 1.88. The Morgan fingerprint density at radius 2 is 1.78 bits per heavy atom. The van der Waals surface area contributed by atoms with Crippen LogP contribution in [0.5, 0.6) is 0 Å². The average molecular weight is 366 g/mol. The van der Waals surface area contributed by atoms with Crippen LogP contribution in [0.3, 0.4) is 0 Å². The van der Waals surface area contributed by atoms with Crippen LogP contribution in [0.15, 0.2) is 59.1 Å². The number of halogens is 1. The van der Waals surface area contributed by atoms with Crippen molar-refractivity contribution in [3.8, 4) is 10.6 Å². The molecule has 0 aliphatic carbocycles. The molecule has 0 amide bonds. The molecular formula is C15H12ClN3O2S2. The summed E-state index contributed by atoms with van der Waals surface area (Å²) >= 11 is 7.23. The van der Waals surface area contributed by atoms with Gasteiger partial charge in [0.05, 0.1) is 17.1 Å². The number of hydrogen-bond donors (Lipinski definition) is 1. The van der Waals surface area contributed by atoms with Crippen molar-refractivity contribution in [2.24, 2.45) is 0 Å². The maximum absolute atomic E-state index is 12.2. The molecule has 5 nitrogen and oxygen atoms in total. The van der Waals surface area contributed by atoms with Gasteiger partial charge in [0.25, 0.3) is 0 Å². The van der Waals surface area contributed by atoms with E-state index in [1.807, 2.05) is 17.5 Å². The van der Waals surface area contributed by atoms with E-state index >= 15 is 0 Å². The minimum atomic E-state index is -3.58. The lowest BCUT2D eigenvalue weighted by molar-refractivity contribution is 0.580. The Kier molecular flexibility index (Phi) is 4.72. The number of aromatic nitrogens is 2. The Hall–Kier alpha value is -1.80. The van der Waals surface area contributed by atoms with Crippen molar-refractivity contribution in [1.82, 2.24) is 14.7 Å². The standard InChI is InChI=1S/C15H12ClN3O2S2/c16-12-1-3-14(4-2-12)23(20,21)18-9-13-10-22-15(19-13)11-5-7-17-8-6-11/h1-8,10,18H,9H2. The summed E-state index contributed by atoms with van der Waals surface area (Å²) in [6.45, 7) is 0.131. The molecule has 3 aromatic rings. The van der Waals surface area contributed by atoms with Gasteiger partial charge in [0.1, 0.15) is 5.01 Å². The van der Waals surface area contributed by atoms with Crippen molar-refractivity contribution >= 4 is 33.0 Å².